The number of hydrogen-bond donors (Lipinski definition) is 1. The first-order valence-electron chi connectivity index (χ1n) is 9.51. The Morgan fingerprint density at radius 1 is 0.968 bits per heavy atom. The van der Waals surface area contributed by atoms with Gasteiger partial charge in [-0.1, -0.05) is 64.8 Å². The van der Waals surface area contributed by atoms with Gasteiger partial charge in [-0.2, -0.15) is 0 Å². The summed E-state index contributed by atoms with van der Waals surface area (Å²) in [5.41, 5.74) is 2.72. The lowest BCUT2D eigenvalue weighted by molar-refractivity contribution is 0.102. The molecule has 0 unspecified atom stereocenters. The number of carbonyl (C=O) groups is 1. The van der Waals surface area contributed by atoms with Crippen molar-refractivity contribution < 1.29 is 14.1 Å². The van der Waals surface area contributed by atoms with Gasteiger partial charge in [0.15, 0.2) is 0 Å². The van der Waals surface area contributed by atoms with E-state index in [-0.39, 0.29) is 11.5 Å². The van der Waals surface area contributed by atoms with Gasteiger partial charge in [0.2, 0.25) is 0 Å². The number of amides is 1. The van der Waals surface area contributed by atoms with Crippen molar-refractivity contribution in [1.29, 1.82) is 0 Å². The molecule has 0 aliphatic carbocycles. The van der Waals surface area contributed by atoms with Gasteiger partial charge in [0, 0.05) is 11.3 Å². The van der Waals surface area contributed by atoms with Crippen LogP contribution in [0.15, 0.2) is 77.3 Å². The highest BCUT2D eigenvalue weighted by Crippen LogP contribution is 2.37. The van der Waals surface area contributed by atoms with E-state index in [1.54, 1.807) is 49.4 Å². The van der Waals surface area contributed by atoms with Crippen LogP contribution in [0.1, 0.15) is 21.7 Å². The van der Waals surface area contributed by atoms with Crippen molar-refractivity contribution in [3.05, 3.63) is 99.7 Å². The Balaban J connectivity index is 1.50. The molecule has 1 N–H and O–H groups in total. The van der Waals surface area contributed by atoms with Gasteiger partial charge in [-0.05, 0) is 48.9 Å². The molecule has 5 nitrogen and oxygen atoms in total. The molecule has 0 bridgehead atoms. The molecule has 0 aliphatic rings. The Labute approximate surface area is 189 Å². The lowest BCUT2D eigenvalue weighted by atomic mass is 10.1. The van der Waals surface area contributed by atoms with Crippen LogP contribution >= 0.6 is 23.2 Å². The topological polar surface area (TPSA) is 64.4 Å². The van der Waals surface area contributed by atoms with Crippen molar-refractivity contribution in [3.63, 3.8) is 0 Å². The van der Waals surface area contributed by atoms with Crippen LogP contribution in [0.3, 0.4) is 0 Å². The number of hydrogen-bond acceptors (Lipinski definition) is 4. The summed E-state index contributed by atoms with van der Waals surface area (Å²) in [6.45, 7) is 2.13. The van der Waals surface area contributed by atoms with Crippen molar-refractivity contribution >= 4 is 34.8 Å². The van der Waals surface area contributed by atoms with E-state index < -0.39 is 0 Å². The zero-order valence-electron chi connectivity index (χ0n) is 16.6. The molecular formula is C24H18Cl2N2O3. The molecule has 156 valence electrons. The number of rotatable bonds is 6. The smallest absolute Gasteiger partial charge is 0.261 e. The van der Waals surface area contributed by atoms with Gasteiger partial charge in [0.05, 0.1) is 10.0 Å². The maximum absolute atomic E-state index is 13.0. The van der Waals surface area contributed by atoms with Crippen LogP contribution in [0.2, 0.25) is 10.0 Å². The fourth-order valence-electron chi connectivity index (χ4n) is 3.10. The number of aryl methyl sites for hydroxylation is 1. The largest absolute Gasteiger partial charge is 0.489 e. The minimum absolute atomic E-state index is 0.277. The van der Waals surface area contributed by atoms with E-state index in [9.17, 15) is 4.79 Å². The van der Waals surface area contributed by atoms with Gasteiger partial charge in [0.25, 0.3) is 5.91 Å². The molecule has 0 aliphatic heterocycles. The standard InChI is InChI=1S/C24H18Cl2N2O3/c1-15-21(23(28-31-15)22-19(25)8-5-9-20(22)26)24(29)27-17-10-12-18(13-11-17)30-14-16-6-3-2-4-7-16/h2-13H,14H2,1H3,(H,27,29). The Bertz CT molecular complexity index is 1190. The van der Waals surface area contributed by atoms with E-state index in [1.165, 1.54) is 0 Å². The molecule has 0 saturated carbocycles. The van der Waals surface area contributed by atoms with Crippen molar-refractivity contribution in [2.45, 2.75) is 13.5 Å². The summed E-state index contributed by atoms with van der Waals surface area (Å²) in [4.78, 5) is 13.0. The summed E-state index contributed by atoms with van der Waals surface area (Å²) in [6, 6.07) is 22.1. The number of aromatic nitrogens is 1. The highest BCUT2D eigenvalue weighted by molar-refractivity contribution is 6.39. The molecule has 1 aromatic heterocycles. The molecular weight excluding hydrogens is 435 g/mol. The minimum Gasteiger partial charge on any atom is -0.489 e. The summed E-state index contributed by atoms with van der Waals surface area (Å²) in [7, 11) is 0. The van der Waals surface area contributed by atoms with Gasteiger partial charge in [-0.15, -0.1) is 0 Å². The fourth-order valence-corrected chi connectivity index (χ4v) is 3.68. The number of benzene rings is 3. The van der Waals surface area contributed by atoms with Gasteiger partial charge in [0.1, 0.15) is 29.4 Å². The first-order valence-corrected chi connectivity index (χ1v) is 10.3. The number of ether oxygens (including phenoxy) is 1. The second-order valence-corrected chi connectivity index (χ2v) is 7.63. The van der Waals surface area contributed by atoms with E-state index in [1.807, 2.05) is 30.3 Å². The highest BCUT2D eigenvalue weighted by Gasteiger charge is 2.25. The van der Waals surface area contributed by atoms with E-state index >= 15 is 0 Å². The summed E-state index contributed by atoms with van der Waals surface area (Å²) in [6.07, 6.45) is 0. The van der Waals surface area contributed by atoms with Crippen LogP contribution in [0, 0.1) is 6.92 Å². The zero-order valence-corrected chi connectivity index (χ0v) is 18.1. The Morgan fingerprint density at radius 2 is 1.65 bits per heavy atom. The van der Waals surface area contributed by atoms with Crippen molar-refractivity contribution in [2.24, 2.45) is 0 Å². The quantitative estimate of drug-likeness (QED) is 0.349. The van der Waals surface area contributed by atoms with Crippen LogP contribution in [-0.4, -0.2) is 11.1 Å². The zero-order chi connectivity index (χ0) is 21.8. The van der Waals surface area contributed by atoms with Crippen molar-refractivity contribution in [1.82, 2.24) is 5.16 Å². The highest BCUT2D eigenvalue weighted by atomic mass is 35.5. The van der Waals surface area contributed by atoms with Gasteiger partial charge in [-0.25, -0.2) is 0 Å². The van der Waals surface area contributed by atoms with Crippen LogP contribution < -0.4 is 10.1 Å². The summed E-state index contributed by atoms with van der Waals surface area (Å²) >= 11 is 12.6. The van der Waals surface area contributed by atoms with E-state index in [0.717, 1.165) is 5.56 Å². The maximum Gasteiger partial charge on any atom is 0.261 e. The third-order valence-electron chi connectivity index (χ3n) is 4.65. The summed E-state index contributed by atoms with van der Waals surface area (Å²) < 4.78 is 11.0. The first-order chi connectivity index (χ1) is 15.0. The predicted molar refractivity (Wildman–Crippen MR) is 122 cm³/mol. The van der Waals surface area contributed by atoms with Crippen LogP contribution in [0.25, 0.3) is 11.3 Å². The summed E-state index contributed by atoms with van der Waals surface area (Å²) in [5, 5.41) is 7.64. The number of nitrogens with one attached hydrogen (secondary N) is 1. The number of anilines is 1. The number of halogens is 2. The van der Waals surface area contributed by atoms with Gasteiger partial charge < -0.3 is 14.6 Å². The molecule has 7 heteroatoms. The van der Waals surface area contributed by atoms with Gasteiger partial charge >= 0.3 is 0 Å². The Morgan fingerprint density at radius 3 is 2.32 bits per heavy atom. The molecule has 0 radical (unpaired) electrons. The Kier molecular flexibility index (Phi) is 6.26. The van der Waals surface area contributed by atoms with Crippen LogP contribution in [0.4, 0.5) is 5.69 Å². The second-order valence-electron chi connectivity index (χ2n) is 6.81. The second kappa shape index (κ2) is 9.25. The molecule has 0 spiro atoms. The van der Waals surface area contributed by atoms with E-state index in [4.69, 9.17) is 32.5 Å². The first kappa shape index (κ1) is 21.0. The molecule has 0 saturated heterocycles. The van der Waals surface area contributed by atoms with Crippen molar-refractivity contribution in [3.8, 4) is 17.0 Å². The summed E-state index contributed by atoms with van der Waals surface area (Å²) in [5.74, 6) is 0.695. The molecule has 4 aromatic rings. The molecule has 0 fully saturated rings. The Hall–Kier alpha value is -3.28. The third-order valence-corrected chi connectivity index (χ3v) is 5.28. The number of carbonyl (C=O) groups excluding carboxylic acids is 1. The number of nitrogens with zero attached hydrogens (tertiary/aromatic N) is 1. The normalized spacial score (nSPS) is 10.7. The predicted octanol–water partition coefficient (Wildman–Crippen LogP) is 6.79. The monoisotopic (exact) mass is 452 g/mol. The fraction of sp³-hybridized carbons (Fsp3) is 0.0833. The molecule has 31 heavy (non-hydrogen) atoms. The minimum atomic E-state index is -0.373. The lowest BCUT2D eigenvalue weighted by Crippen LogP contribution is -2.13. The van der Waals surface area contributed by atoms with Gasteiger partial charge in [-0.3, -0.25) is 4.79 Å². The molecule has 1 amide bonds. The lowest BCUT2D eigenvalue weighted by Gasteiger charge is -2.09. The van der Waals surface area contributed by atoms with E-state index in [2.05, 4.69) is 10.5 Å². The maximum atomic E-state index is 13.0. The molecule has 3 aromatic carbocycles. The molecule has 1 heterocycles. The average Bonchev–Trinajstić information content (AvgIpc) is 3.15. The third kappa shape index (κ3) is 4.74. The molecule has 4 rings (SSSR count). The van der Waals surface area contributed by atoms with Crippen molar-refractivity contribution in [2.75, 3.05) is 5.32 Å². The SMILES string of the molecule is Cc1onc(-c2c(Cl)cccc2Cl)c1C(=O)Nc1ccc(OCc2ccccc2)cc1. The van der Waals surface area contributed by atoms with E-state index in [0.29, 0.717) is 45.1 Å². The van der Waals surface area contributed by atoms with Crippen LogP contribution in [0.5, 0.6) is 5.75 Å². The average molecular weight is 453 g/mol. The van der Waals surface area contributed by atoms with Crippen LogP contribution in [-0.2, 0) is 6.61 Å². The molecule has 0 atom stereocenters.